The summed E-state index contributed by atoms with van der Waals surface area (Å²) in [5, 5.41) is 0. The lowest BCUT2D eigenvalue weighted by molar-refractivity contribution is -0.900. The van der Waals surface area contributed by atoms with Crippen LogP contribution in [0.1, 0.15) is 16.8 Å². The van der Waals surface area contributed by atoms with Crippen LogP contribution in [-0.2, 0) is 4.79 Å². The van der Waals surface area contributed by atoms with Gasteiger partial charge in [0.2, 0.25) is 5.91 Å². The maximum absolute atomic E-state index is 12.1. The summed E-state index contributed by atoms with van der Waals surface area (Å²) >= 11 is 0. The van der Waals surface area contributed by atoms with Gasteiger partial charge in [-0.1, -0.05) is 18.2 Å². The Morgan fingerprint density at radius 1 is 1.00 bits per heavy atom. The van der Waals surface area contributed by atoms with Gasteiger partial charge in [0.25, 0.3) is 5.91 Å². The number of alkyl halides is 2. The maximum Gasteiger partial charge on any atom is 0.387 e. The number of rotatable bonds is 7. The number of anilines is 1. The molecule has 2 aromatic carbocycles. The molecule has 0 spiro atoms. The second-order valence-corrected chi connectivity index (χ2v) is 6.98. The van der Waals surface area contributed by atoms with Gasteiger partial charge >= 0.3 is 6.61 Å². The molecule has 0 aliphatic carbocycles. The van der Waals surface area contributed by atoms with E-state index in [1.807, 2.05) is 18.2 Å². The Bertz CT molecular complexity index is 826. The third-order valence-electron chi connectivity index (χ3n) is 4.95. The van der Waals surface area contributed by atoms with Gasteiger partial charge in [-0.2, -0.15) is 8.78 Å². The maximum atomic E-state index is 12.1. The van der Waals surface area contributed by atoms with E-state index in [9.17, 15) is 18.4 Å². The van der Waals surface area contributed by atoms with Gasteiger partial charge in [0.05, 0.1) is 39.1 Å². The van der Waals surface area contributed by atoms with E-state index in [-0.39, 0.29) is 17.2 Å². The smallest absolute Gasteiger partial charge is 0.387 e. The fraction of sp³-hybridized carbons (Fsp3) is 0.333. The number of hydrogen-bond acceptors (Lipinski definition) is 4. The van der Waals surface area contributed by atoms with Crippen LogP contribution in [0.25, 0.3) is 0 Å². The van der Waals surface area contributed by atoms with E-state index < -0.39 is 12.5 Å². The number of quaternary nitrogens is 1. The third kappa shape index (κ3) is 6.41. The van der Waals surface area contributed by atoms with E-state index in [4.69, 9.17) is 0 Å². The molecular weight excluding hydrogens is 394 g/mol. The zero-order valence-electron chi connectivity index (χ0n) is 16.4. The molecule has 1 saturated heterocycles. The highest BCUT2D eigenvalue weighted by molar-refractivity contribution is 5.95. The molecular formula is C21H25F2N4O3+. The Morgan fingerprint density at radius 2 is 1.67 bits per heavy atom. The van der Waals surface area contributed by atoms with Crippen molar-refractivity contribution in [3.05, 3.63) is 60.2 Å². The molecule has 7 nitrogen and oxygen atoms in total. The second-order valence-electron chi connectivity index (χ2n) is 6.98. The number of carbonyl (C=O) groups excluding carboxylic acids is 2. The Morgan fingerprint density at radius 3 is 2.30 bits per heavy atom. The predicted octanol–water partition coefficient (Wildman–Crippen LogP) is 0.844. The number of benzene rings is 2. The summed E-state index contributed by atoms with van der Waals surface area (Å²) < 4.78 is 28.5. The van der Waals surface area contributed by atoms with Crippen LogP contribution in [0.15, 0.2) is 54.6 Å². The Labute approximate surface area is 173 Å². The van der Waals surface area contributed by atoms with Crippen molar-refractivity contribution in [1.82, 2.24) is 10.9 Å². The first-order chi connectivity index (χ1) is 14.5. The SMILES string of the molecule is O=C(CC[NH+]1CCN(c2ccccc2)CC1)NNC(=O)c1ccc(OC(F)F)cc1. The number of hydrogen-bond donors (Lipinski definition) is 3. The van der Waals surface area contributed by atoms with Crippen molar-refractivity contribution in [2.45, 2.75) is 13.0 Å². The van der Waals surface area contributed by atoms with Crippen LogP contribution in [0.3, 0.4) is 0 Å². The molecule has 0 atom stereocenters. The van der Waals surface area contributed by atoms with Gasteiger partial charge in [-0.05, 0) is 36.4 Å². The normalized spacial score (nSPS) is 14.4. The molecule has 160 valence electrons. The van der Waals surface area contributed by atoms with Crippen molar-refractivity contribution < 1.29 is 28.0 Å². The van der Waals surface area contributed by atoms with Gasteiger partial charge in [0.15, 0.2) is 0 Å². The standard InChI is InChI=1S/C21H24F2N4O3/c22-21(23)30-18-8-6-16(7-9-18)20(29)25-24-19(28)10-11-26-12-14-27(15-13-26)17-4-2-1-3-5-17/h1-9,21H,10-15H2,(H,24,28)(H,25,29)/p+1. The number of para-hydroxylation sites is 1. The lowest BCUT2D eigenvalue weighted by Gasteiger charge is -2.33. The number of halogens is 2. The van der Waals surface area contributed by atoms with E-state index in [1.54, 1.807) is 0 Å². The molecule has 0 unspecified atom stereocenters. The van der Waals surface area contributed by atoms with Gasteiger partial charge in [-0.3, -0.25) is 20.4 Å². The van der Waals surface area contributed by atoms with E-state index in [2.05, 4.69) is 32.6 Å². The summed E-state index contributed by atoms with van der Waals surface area (Å²) in [5.74, 6) is -0.851. The monoisotopic (exact) mass is 419 g/mol. The number of piperazine rings is 1. The highest BCUT2D eigenvalue weighted by atomic mass is 19.3. The highest BCUT2D eigenvalue weighted by Gasteiger charge is 2.20. The summed E-state index contributed by atoms with van der Waals surface area (Å²) in [5.41, 5.74) is 6.15. The number of hydrazine groups is 1. The average Bonchev–Trinajstić information content (AvgIpc) is 2.77. The van der Waals surface area contributed by atoms with Gasteiger partial charge in [-0.25, -0.2) is 0 Å². The Balaban J connectivity index is 1.34. The number of ether oxygens (including phenoxy) is 1. The molecule has 3 rings (SSSR count). The van der Waals surface area contributed by atoms with Crippen molar-refractivity contribution in [2.75, 3.05) is 37.6 Å². The molecule has 1 heterocycles. The molecule has 1 aliphatic heterocycles. The summed E-state index contributed by atoms with van der Waals surface area (Å²) in [6.07, 6.45) is 0.294. The van der Waals surface area contributed by atoms with E-state index in [0.29, 0.717) is 13.0 Å². The van der Waals surface area contributed by atoms with Gasteiger partial charge in [-0.15, -0.1) is 0 Å². The number of carbonyl (C=O) groups is 2. The number of nitrogens with zero attached hydrogens (tertiary/aromatic N) is 1. The van der Waals surface area contributed by atoms with Crippen molar-refractivity contribution in [3.63, 3.8) is 0 Å². The quantitative estimate of drug-likeness (QED) is 0.582. The van der Waals surface area contributed by atoms with Crippen LogP contribution in [0.5, 0.6) is 5.75 Å². The van der Waals surface area contributed by atoms with E-state index >= 15 is 0 Å². The van der Waals surface area contributed by atoms with Crippen molar-refractivity contribution in [2.24, 2.45) is 0 Å². The largest absolute Gasteiger partial charge is 0.435 e. The van der Waals surface area contributed by atoms with Crippen LogP contribution in [-0.4, -0.2) is 51.1 Å². The first-order valence-corrected chi connectivity index (χ1v) is 9.79. The average molecular weight is 419 g/mol. The van der Waals surface area contributed by atoms with Crippen LogP contribution in [0.4, 0.5) is 14.5 Å². The summed E-state index contributed by atoms with van der Waals surface area (Å²) in [6, 6.07) is 15.5. The lowest BCUT2D eigenvalue weighted by Crippen LogP contribution is -3.15. The zero-order chi connectivity index (χ0) is 21.3. The fourth-order valence-corrected chi connectivity index (χ4v) is 3.31. The molecule has 0 bridgehead atoms. The van der Waals surface area contributed by atoms with Gasteiger partial charge in [0, 0.05) is 11.3 Å². The van der Waals surface area contributed by atoms with Crippen LogP contribution in [0, 0.1) is 0 Å². The Kier molecular flexibility index (Phi) is 7.56. The topological polar surface area (TPSA) is 75.1 Å². The van der Waals surface area contributed by atoms with Gasteiger partial charge in [0.1, 0.15) is 5.75 Å². The molecule has 0 aromatic heterocycles. The van der Waals surface area contributed by atoms with E-state index in [0.717, 1.165) is 26.2 Å². The number of nitrogens with one attached hydrogen (secondary N) is 3. The summed E-state index contributed by atoms with van der Waals surface area (Å²) in [7, 11) is 0. The lowest BCUT2D eigenvalue weighted by atomic mass is 10.2. The molecule has 30 heavy (non-hydrogen) atoms. The first kappa shape index (κ1) is 21.5. The molecule has 1 aliphatic rings. The Hall–Kier alpha value is -3.20. The molecule has 3 N–H and O–H groups in total. The minimum absolute atomic E-state index is 0.0408. The highest BCUT2D eigenvalue weighted by Crippen LogP contribution is 2.15. The zero-order valence-corrected chi connectivity index (χ0v) is 16.4. The molecule has 2 aromatic rings. The molecule has 2 amide bonds. The van der Waals surface area contributed by atoms with Crippen molar-refractivity contribution >= 4 is 17.5 Å². The summed E-state index contributed by atoms with van der Waals surface area (Å²) in [4.78, 5) is 27.7. The first-order valence-electron chi connectivity index (χ1n) is 9.79. The molecule has 0 saturated carbocycles. The van der Waals surface area contributed by atoms with Crippen LogP contribution in [0.2, 0.25) is 0 Å². The van der Waals surface area contributed by atoms with E-state index in [1.165, 1.54) is 34.9 Å². The predicted molar refractivity (Wildman–Crippen MR) is 108 cm³/mol. The van der Waals surface area contributed by atoms with Crippen molar-refractivity contribution in [3.8, 4) is 5.75 Å². The van der Waals surface area contributed by atoms with Crippen LogP contribution < -0.4 is 25.4 Å². The second kappa shape index (κ2) is 10.5. The minimum atomic E-state index is -2.92. The van der Waals surface area contributed by atoms with Crippen LogP contribution >= 0.6 is 0 Å². The third-order valence-corrected chi connectivity index (χ3v) is 4.95. The molecule has 1 fully saturated rings. The molecule has 9 heteroatoms. The fourth-order valence-electron chi connectivity index (χ4n) is 3.31. The molecule has 0 radical (unpaired) electrons. The minimum Gasteiger partial charge on any atom is -0.435 e. The number of amides is 2. The summed E-state index contributed by atoms with van der Waals surface area (Å²) in [6.45, 7) is 1.52. The van der Waals surface area contributed by atoms with Crippen molar-refractivity contribution in [1.29, 1.82) is 0 Å². The van der Waals surface area contributed by atoms with Gasteiger partial charge < -0.3 is 14.5 Å².